The van der Waals surface area contributed by atoms with Crippen molar-refractivity contribution in [1.29, 1.82) is 0 Å². The first-order valence-corrected chi connectivity index (χ1v) is 9.34. The van der Waals surface area contributed by atoms with Gasteiger partial charge < -0.3 is 27.6 Å². The van der Waals surface area contributed by atoms with Crippen molar-refractivity contribution in [3.63, 3.8) is 0 Å². The molecule has 8 heteroatoms. The largest absolute Gasteiger partial charge is 1.00 e. The van der Waals surface area contributed by atoms with Crippen LogP contribution in [0.3, 0.4) is 0 Å². The van der Waals surface area contributed by atoms with E-state index in [1.165, 1.54) is 29.4 Å². The lowest BCUT2D eigenvalue weighted by molar-refractivity contribution is -0.645. The van der Waals surface area contributed by atoms with Gasteiger partial charge in [-0.1, -0.05) is 36.4 Å². The van der Waals surface area contributed by atoms with Gasteiger partial charge in [0, 0.05) is 13.1 Å². The molecule has 3 aromatic rings. The Hall–Kier alpha value is -2.19. The number of hydrogen-bond acceptors (Lipinski definition) is 2. The molecule has 1 aliphatic heterocycles. The standard InChI is InChI=1S/C21H25N6.2BrH/c1-25-16-27(20-7-3-2-6-19(20)25)15-18-10-8-17(9-11-18)14-23-24-21(22)26-12-4-5-13-26;;/h2-3,6-11,14,16H,4-5,12-13,15H2,1H3,(H2,22,24);2*1H/q+1;;/p-1/b23-14+;;. The molecule has 0 bridgehead atoms. The van der Waals surface area contributed by atoms with Crippen LogP contribution in [0.4, 0.5) is 0 Å². The number of nitrogens with two attached hydrogens (primary N) is 1. The van der Waals surface area contributed by atoms with Gasteiger partial charge in [-0.3, -0.25) is 0 Å². The summed E-state index contributed by atoms with van der Waals surface area (Å²) in [5.74, 6) is 0.507. The molecule has 29 heavy (non-hydrogen) atoms. The molecule has 154 valence electrons. The van der Waals surface area contributed by atoms with Crippen LogP contribution < -0.4 is 27.3 Å². The molecule has 6 nitrogen and oxygen atoms in total. The molecule has 0 radical (unpaired) electrons. The molecular weight excluding hydrogens is 496 g/mol. The van der Waals surface area contributed by atoms with Gasteiger partial charge in [0.25, 0.3) is 0 Å². The van der Waals surface area contributed by atoms with Gasteiger partial charge in [-0.25, -0.2) is 9.13 Å². The maximum Gasteiger partial charge on any atom is 0.244 e. The molecule has 1 aliphatic rings. The number of imidazole rings is 1. The maximum atomic E-state index is 5.96. The van der Waals surface area contributed by atoms with Crippen molar-refractivity contribution in [1.82, 2.24) is 9.47 Å². The molecule has 2 N–H and O–H groups in total. The second-order valence-corrected chi connectivity index (χ2v) is 6.98. The van der Waals surface area contributed by atoms with Crippen LogP contribution in [0.15, 0.2) is 65.1 Å². The number of halogens is 2. The van der Waals surface area contributed by atoms with E-state index in [9.17, 15) is 0 Å². The third kappa shape index (κ3) is 5.45. The molecule has 0 atom stereocenters. The summed E-state index contributed by atoms with van der Waals surface area (Å²) in [7, 11) is 2.08. The minimum atomic E-state index is 0. The molecule has 1 aromatic heterocycles. The molecule has 1 saturated heterocycles. The molecule has 2 heterocycles. The quantitative estimate of drug-likeness (QED) is 0.224. The van der Waals surface area contributed by atoms with E-state index in [0.717, 1.165) is 25.2 Å². The average molecular weight is 522 g/mol. The molecular formula is C21H26Br2N6. The van der Waals surface area contributed by atoms with Crippen molar-refractivity contribution < 1.29 is 21.5 Å². The second-order valence-electron chi connectivity index (χ2n) is 6.98. The maximum absolute atomic E-state index is 5.96. The SMILES string of the molecule is Br.C[n+]1cn(Cc2ccc(/C=N/N=C(\N)N3CCCC3)cc2)c2ccccc21.[Br-]. The summed E-state index contributed by atoms with van der Waals surface area (Å²) in [4.78, 5) is 2.07. The molecule has 4 rings (SSSR count). The van der Waals surface area contributed by atoms with Crippen molar-refractivity contribution in [2.45, 2.75) is 19.4 Å². The Morgan fingerprint density at radius 1 is 1.10 bits per heavy atom. The highest BCUT2D eigenvalue weighted by Gasteiger charge is 2.13. The van der Waals surface area contributed by atoms with E-state index in [1.54, 1.807) is 6.21 Å². The molecule has 0 amide bonds. The third-order valence-electron chi connectivity index (χ3n) is 5.01. The van der Waals surface area contributed by atoms with Gasteiger partial charge >= 0.3 is 0 Å². The third-order valence-corrected chi connectivity index (χ3v) is 5.01. The summed E-state index contributed by atoms with van der Waals surface area (Å²) in [5.41, 5.74) is 10.7. The van der Waals surface area contributed by atoms with Crippen LogP contribution in [0, 0.1) is 0 Å². The summed E-state index contributed by atoms with van der Waals surface area (Å²) < 4.78 is 4.42. The smallest absolute Gasteiger partial charge is 0.244 e. The van der Waals surface area contributed by atoms with Crippen LogP contribution >= 0.6 is 17.0 Å². The number of benzene rings is 2. The highest BCUT2D eigenvalue weighted by molar-refractivity contribution is 8.93. The number of aromatic nitrogens is 2. The normalized spacial score (nSPS) is 14.2. The van der Waals surface area contributed by atoms with Crippen molar-refractivity contribution >= 4 is 40.2 Å². The van der Waals surface area contributed by atoms with Crippen molar-refractivity contribution in [2.24, 2.45) is 23.0 Å². The van der Waals surface area contributed by atoms with E-state index >= 15 is 0 Å². The lowest BCUT2D eigenvalue weighted by atomic mass is 10.1. The summed E-state index contributed by atoms with van der Waals surface area (Å²) in [6.45, 7) is 2.79. The number of likely N-dealkylation sites (tertiary alicyclic amines) is 1. The van der Waals surface area contributed by atoms with Gasteiger partial charge in [-0.2, -0.15) is 5.10 Å². The monoisotopic (exact) mass is 520 g/mol. The summed E-state index contributed by atoms with van der Waals surface area (Å²) in [5, 5.41) is 8.24. The van der Waals surface area contributed by atoms with E-state index in [4.69, 9.17) is 5.73 Å². The fourth-order valence-electron chi connectivity index (χ4n) is 3.53. The first-order chi connectivity index (χ1) is 13.2. The first kappa shape index (κ1) is 23.1. The number of aryl methyl sites for hydroxylation is 1. The molecule has 0 saturated carbocycles. The lowest BCUT2D eigenvalue weighted by Crippen LogP contribution is -3.00. The second kappa shape index (κ2) is 10.5. The average Bonchev–Trinajstić information content (AvgIpc) is 3.33. The predicted octanol–water partition coefficient (Wildman–Crippen LogP) is -0.160. The number of nitrogens with zero attached hydrogens (tertiary/aromatic N) is 5. The minimum absolute atomic E-state index is 0. The van der Waals surface area contributed by atoms with Crippen LogP contribution in [0.1, 0.15) is 24.0 Å². The van der Waals surface area contributed by atoms with Gasteiger partial charge in [0.05, 0.1) is 13.3 Å². The van der Waals surface area contributed by atoms with Gasteiger partial charge in [0.2, 0.25) is 12.3 Å². The van der Waals surface area contributed by atoms with E-state index in [-0.39, 0.29) is 34.0 Å². The lowest BCUT2D eigenvalue weighted by Gasteiger charge is -2.13. The zero-order chi connectivity index (χ0) is 18.6. The zero-order valence-corrected chi connectivity index (χ0v) is 19.7. The van der Waals surface area contributed by atoms with Crippen LogP contribution in [-0.2, 0) is 13.6 Å². The minimum Gasteiger partial charge on any atom is -1.00 e. The Balaban J connectivity index is 0.00000150. The summed E-state index contributed by atoms with van der Waals surface area (Å²) >= 11 is 0. The Labute approximate surface area is 192 Å². The van der Waals surface area contributed by atoms with Gasteiger partial charge in [-0.15, -0.1) is 22.1 Å². The first-order valence-electron chi connectivity index (χ1n) is 9.34. The number of rotatable bonds is 4. The molecule has 0 aliphatic carbocycles. The summed E-state index contributed by atoms with van der Waals surface area (Å²) in [6, 6.07) is 16.8. The van der Waals surface area contributed by atoms with Gasteiger partial charge in [0.15, 0.2) is 11.0 Å². The highest BCUT2D eigenvalue weighted by Crippen LogP contribution is 2.13. The zero-order valence-electron chi connectivity index (χ0n) is 16.4. The number of fused-ring (bicyclic) bond motifs is 1. The highest BCUT2D eigenvalue weighted by atomic mass is 79.9. The number of para-hydroxylation sites is 2. The Bertz CT molecular complexity index is 988. The fourth-order valence-corrected chi connectivity index (χ4v) is 3.53. The molecule has 2 aromatic carbocycles. The van der Waals surface area contributed by atoms with Crippen LogP contribution in [-0.4, -0.2) is 34.7 Å². The van der Waals surface area contributed by atoms with Gasteiger partial charge in [0.1, 0.15) is 6.54 Å². The van der Waals surface area contributed by atoms with E-state index in [1.807, 2.05) is 0 Å². The Morgan fingerprint density at radius 2 is 1.79 bits per heavy atom. The molecule has 0 unspecified atom stereocenters. The van der Waals surface area contributed by atoms with Crippen LogP contribution in [0.25, 0.3) is 11.0 Å². The van der Waals surface area contributed by atoms with E-state index < -0.39 is 0 Å². The summed E-state index contributed by atoms with van der Waals surface area (Å²) in [6.07, 6.45) is 6.24. The van der Waals surface area contributed by atoms with Crippen molar-refractivity contribution in [2.75, 3.05) is 13.1 Å². The predicted molar refractivity (Wildman–Crippen MR) is 119 cm³/mol. The fraction of sp³-hybridized carbons (Fsp3) is 0.286. The number of guanidine groups is 1. The topological polar surface area (TPSA) is 62.8 Å². The van der Waals surface area contributed by atoms with Crippen LogP contribution in [0.2, 0.25) is 0 Å². The van der Waals surface area contributed by atoms with E-state index in [2.05, 4.69) is 86.1 Å². The Kier molecular flexibility index (Phi) is 8.40. The van der Waals surface area contributed by atoms with Crippen molar-refractivity contribution in [3.8, 4) is 0 Å². The Morgan fingerprint density at radius 3 is 2.52 bits per heavy atom. The molecule has 0 spiro atoms. The van der Waals surface area contributed by atoms with Gasteiger partial charge in [-0.05, 0) is 36.1 Å². The van der Waals surface area contributed by atoms with Crippen LogP contribution in [0.5, 0.6) is 0 Å². The number of hydrogen-bond donors (Lipinski definition) is 1. The van der Waals surface area contributed by atoms with E-state index in [0.29, 0.717) is 5.96 Å². The molecule has 1 fully saturated rings. The van der Waals surface area contributed by atoms with Crippen molar-refractivity contribution in [3.05, 3.63) is 66.0 Å².